The van der Waals surface area contributed by atoms with Gasteiger partial charge in [-0.1, -0.05) is 0 Å². The number of hydrogen-bond donors (Lipinski definition) is 2. The average molecular weight is 297 g/mol. The molecule has 2 N–H and O–H groups in total. The van der Waals surface area contributed by atoms with Crippen molar-refractivity contribution in [2.75, 3.05) is 27.7 Å². The number of urea groups is 1. The quantitative estimate of drug-likeness (QED) is 0.745. The number of rotatable bonds is 5. The fourth-order valence-electron chi connectivity index (χ4n) is 1.53. The van der Waals surface area contributed by atoms with Crippen LogP contribution in [0.3, 0.4) is 0 Å². The molecule has 0 saturated heterocycles. The molecule has 21 heavy (non-hydrogen) atoms. The van der Waals surface area contributed by atoms with Gasteiger partial charge >= 0.3 is 12.0 Å². The summed E-state index contributed by atoms with van der Waals surface area (Å²) in [4.78, 5) is 37.2. The second kappa shape index (κ2) is 6.73. The van der Waals surface area contributed by atoms with E-state index in [1.165, 1.54) is 29.0 Å². The van der Waals surface area contributed by atoms with Crippen LogP contribution in [0.1, 0.15) is 11.6 Å². The molecule has 1 unspecified atom stereocenters. The van der Waals surface area contributed by atoms with E-state index in [9.17, 15) is 19.5 Å². The number of carboxylic acids is 1. The van der Waals surface area contributed by atoms with Gasteiger partial charge in [0.15, 0.2) is 6.04 Å². The molecular formula is C12H19N5O4. The van der Waals surface area contributed by atoms with Crippen molar-refractivity contribution in [3.8, 4) is 0 Å². The number of aliphatic carboxylic acids is 1. The number of carbonyl (C=O) groups is 3. The van der Waals surface area contributed by atoms with E-state index >= 15 is 0 Å². The van der Waals surface area contributed by atoms with Crippen LogP contribution < -0.4 is 5.32 Å². The molecule has 0 spiro atoms. The molecule has 9 heteroatoms. The third kappa shape index (κ3) is 4.48. The number of carboxylic acid groups (broad SMARTS) is 1. The number of likely N-dealkylation sites (N-methyl/N-ethyl adjacent to an activating group) is 2. The molecule has 0 saturated carbocycles. The molecule has 0 bridgehead atoms. The Balaban J connectivity index is 2.73. The van der Waals surface area contributed by atoms with Crippen molar-refractivity contribution >= 4 is 17.9 Å². The lowest BCUT2D eigenvalue weighted by Crippen LogP contribution is -2.45. The summed E-state index contributed by atoms with van der Waals surface area (Å²) in [6.07, 6.45) is 2.87. The molecule has 1 rings (SSSR count). The van der Waals surface area contributed by atoms with Gasteiger partial charge in [0.25, 0.3) is 0 Å². The Morgan fingerprint density at radius 2 is 2.00 bits per heavy atom. The predicted octanol–water partition coefficient (Wildman–Crippen LogP) is -0.725. The first-order valence-corrected chi connectivity index (χ1v) is 6.15. The van der Waals surface area contributed by atoms with Crippen LogP contribution in [0.2, 0.25) is 0 Å². The van der Waals surface area contributed by atoms with Crippen LogP contribution in [0.15, 0.2) is 12.4 Å². The molecule has 0 aliphatic rings. The molecule has 1 aromatic heterocycles. The monoisotopic (exact) mass is 297 g/mol. The highest BCUT2D eigenvalue weighted by Crippen LogP contribution is 2.12. The first kappa shape index (κ1) is 16.5. The number of nitrogens with zero attached hydrogens (tertiary/aromatic N) is 4. The van der Waals surface area contributed by atoms with Crippen LogP contribution in [0, 0.1) is 0 Å². The van der Waals surface area contributed by atoms with Crippen LogP contribution in [0.5, 0.6) is 0 Å². The zero-order valence-electron chi connectivity index (χ0n) is 12.4. The summed E-state index contributed by atoms with van der Waals surface area (Å²) in [6.45, 7) is -0.141. The number of nitrogens with one attached hydrogen (secondary N) is 1. The van der Waals surface area contributed by atoms with E-state index in [1.807, 2.05) is 0 Å². The molecule has 0 aliphatic carbocycles. The van der Waals surface area contributed by atoms with Crippen molar-refractivity contribution in [1.82, 2.24) is 24.9 Å². The lowest BCUT2D eigenvalue weighted by atomic mass is 10.1. The Kier molecular flexibility index (Phi) is 5.28. The van der Waals surface area contributed by atoms with E-state index in [2.05, 4.69) is 10.4 Å². The van der Waals surface area contributed by atoms with Gasteiger partial charge in [0, 0.05) is 40.0 Å². The van der Waals surface area contributed by atoms with Crippen molar-refractivity contribution < 1.29 is 19.5 Å². The zero-order valence-corrected chi connectivity index (χ0v) is 12.4. The van der Waals surface area contributed by atoms with Gasteiger partial charge in [-0.2, -0.15) is 5.10 Å². The fourth-order valence-corrected chi connectivity index (χ4v) is 1.53. The molecule has 0 fully saturated rings. The maximum absolute atomic E-state index is 11.9. The number of amides is 3. The first-order chi connectivity index (χ1) is 9.72. The van der Waals surface area contributed by atoms with Crippen molar-refractivity contribution in [2.45, 2.75) is 6.04 Å². The molecule has 116 valence electrons. The van der Waals surface area contributed by atoms with E-state index in [0.717, 1.165) is 4.90 Å². The van der Waals surface area contributed by atoms with E-state index in [1.54, 1.807) is 21.1 Å². The van der Waals surface area contributed by atoms with Crippen LogP contribution in [0.25, 0.3) is 0 Å². The van der Waals surface area contributed by atoms with Crippen molar-refractivity contribution in [3.63, 3.8) is 0 Å². The summed E-state index contributed by atoms with van der Waals surface area (Å²) in [5, 5.41) is 15.4. The first-order valence-electron chi connectivity index (χ1n) is 6.15. The molecule has 9 nitrogen and oxygen atoms in total. The van der Waals surface area contributed by atoms with Gasteiger partial charge in [0.1, 0.15) is 6.54 Å². The molecule has 0 aromatic carbocycles. The summed E-state index contributed by atoms with van der Waals surface area (Å²) in [5.41, 5.74) is 0.352. The Bertz CT molecular complexity index is 540. The highest BCUT2D eigenvalue weighted by molar-refractivity contribution is 5.86. The largest absolute Gasteiger partial charge is 0.479 e. The number of aryl methyl sites for hydroxylation is 1. The summed E-state index contributed by atoms with van der Waals surface area (Å²) < 4.78 is 1.44. The van der Waals surface area contributed by atoms with E-state index in [4.69, 9.17) is 0 Å². The topological polar surface area (TPSA) is 108 Å². The van der Waals surface area contributed by atoms with Crippen LogP contribution >= 0.6 is 0 Å². The lowest BCUT2D eigenvalue weighted by molar-refractivity contribution is -0.139. The van der Waals surface area contributed by atoms with E-state index in [-0.39, 0.29) is 12.5 Å². The predicted molar refractivity (Wildman–Crippen MR) is 73.4 cm³/mol. The minimum atomic E-state index is -1.22. The minimum Gasteiger partial charge on any atom is -0.479 e. The van der Waals surface area contributed by atoms with Crippen LogP contribution in [-0.2, 0) is 16.6 Å². The van der Waals surface area contributed by atoms with Gasteiger partial charge in [-0.3, -0.25) is 9.48 Å². The Hall–Kier alpha value is -2.58. The standard InChI is InChI=1S/C12H19N5O4/c1-15(2)9(18)7-16(3)12(21)14-10(11(19)20)8-5-13-17(4)6-8/h5-6,10H,7H2,1-4H3,(H,14,21)(H,19,20). The number of aromatic nitrogens is 2. The molecule has 1 heterocycles. The molecule has 0 radical (unpaired) electrons. The number of carbonyl (C=O) groups excluding carboxylic acids is 2. The molecule has 1 atom stereocenters. The van der Waals surface area contributed by atoms with Gasteiger partial charge in [-0.15, -0.1) is 0 Å². The van der Waals surface area contributed by atoms with Crippen molar-refractivity contribution in [1.29, 1.82) is 0 Å². The summed E-state index contributed by atoms with van der Waals surface area (Å²) in [7, 11) is 6.21. The Labute approximate surface area is 122 Å². The smallest absolute Gasteiger partial charge is 0.331 e. The maximum Gasteiger partial charge on any atom is 0.331 e. The van der Waals surface area contributed by atoms with E-state index in [0.29, 0.717) is 5.56 Å². The third-order valence-electron chi connectivity index (χ3n) is 2.79. The normalized spacial score (nSPS) is 11.6. The highest BCUT2D eigenvalue weighted by Gasteiger charge is 2.25. The van der Waals surface area contributed by atoms with Crippen LogP contribution in [-0.4, -0.2) is 70.3 Å². The average Bonchev–Trinajstić information content (AvgIpc) is 2.81. The molecule has 0 aliphatic heterocycles. The SMILES string of the molecule is CN(C)C(=O)CN(C)C(=O)NC(C(=O)O)c1cnn(C)c1. The molecule has 1 aromatic rings. The number of hydrogen-bond acceptors (Lipinski definition) is 4. The highest BCUT2D eigenvalue weighted by atomic mass is 16.4. The van der Waals surface area contributed by atoms with E-state index < -0.39 is 18.0 Å². The third-order valence-corrected chi connectivity index (χ3v) is 2.79. The fraction of sp³-hybridized carbons (Fsp3) is 0.500. The maximum atomic E-state index is 11.9. The van der Waals surface area contributed by atoms with Gasteiger partial charge in [-0.25, -0.2) is 9.59 Å². The van der Waals surface area contributed by atoms with Crippen LogP contribution in [0.4, 0.5) is 4.79 Å². The van der Waals surface area contributed by atoms with Crippen molar-refractivity contribution in [3.05, 3.63) is 18.0 Å². The molecule has 3 amide bonds. The van der Waals surface area contributed by atoms with Gasteiger partial charge in [0.2, 0.25) is 5.91 Å². The summed E-state index contributed by atoms with van der Waals surface area (Å²) in [5.74, 6) is -1.47. The second-order valence-corrected chi connectivity index (χ2v) is 4.81. The zero-order chi connectivity index (χ0) is 16.2. The van der Waals surface area contributed by atoms with Gasteiger partial charge < -0.3 is 20.2 Å². The Morgan fingerprint density at radius 1 is 1.38 bits per heavy atom. The summed E-state index contributed by atoms with van der Waals surface area (Å²) in [6, 6.07) is -1.87. The lowest BCUT2D eigenvalue weighted by Gasteiger charge is -2.21. The second-order valence-electron chi connectivity index (χ2n) is 4.81. The Morgan fingerprint density at radius 3 is 2.43 bits per heavy atom. The van der Waals surface area contributed by atoms with Gasteiger partial charge in [0.05, 0.1) is 6.20 Å². The van der Waals surface area contributed by atoms with Crippen molar-refractivity contribution in [2.24, 2.45) is 7.05 Å². The van der Waals surface area contributed by atoms with Gasteiger partial charge in [-0.05, 0) is 0 Å². The molecular weight excluding hydrogens is 278 g/mol. The minimum absolute atomic E-state index is 0.141. The summed E-state index contributed by atoms with van der Waals surface area (Å²) >= 11 is 0.